The van der Waals surface area contributed by atoms with Crippen LogP contribution >= 0.6 is 0 Å². The summed E-state index contributed by atoms with van der Waals surface area (Å²) in [6.07, 6.45) is 3.95. The number of aryl methyl sites for hydroxylation is 1. The first-order valence-electron chi connectivity index (χ1n) is 10.9. The van der Waals surface area contributed by atoms with Gasteiger partial charge in [0, 0.05) is 22.0 Å². The normalized spacial score (nSPS) is 18.0. The minimum atomic E-state index is -0.338. The van der Waals surface area contributed by atoms with Crippen LogP contribution in [0.3, 0.4) is 0 Å². The number of nitrogens with zero attached hydrogens (tertiary/aromatic N) is 3. The summed E-state index contributed by atoms with van der Waals surface area (Å²) in [5.41, 5.74) is 8.90. The van der Waals surface area contributed by atoms with Crippen LogP contribution < -0.4 is 0 Å². The summed E-state index contributed by atoms with van der Waals surface area (Å²) in [5, 5.41) is 7.87. The van der Waals surface area contributed by atoms with Gasteiger partial charge in [0.15, 0.2) is 0 Å². The number of hydrogen-bond acceptors (Lipinski definition) is 5. The van der Waals surface area contributed by atoms with Crippen LogP contribution in [0.1, 0.15) is 73.5 Å². The third kappa shape index (κ3) is 3.08. The Kier molecular flexibility index (Phi) is 4.33. The van der Waals surface area contributed by atoms with Crippen LogP contribution in [-0.4, -0.2) is 33.2 Å². The Labute approximate surface area is 182 Å². The number of nitrogens with one attached hydrogen (secondary N) is 1. The van der Waals surface area contributed by atoms with Crippen molar-refractivity contribution in [2.75, 3.05) is 7.11 Å². The van der Waals surface area contributed by atoms with E-state index in [1.807, 2.05) is 12.1 Å². The first-order valence-corrected chi connectivity index (χ1v) is 10.9. The smallest absolute Gasteiger partial charge is 0.337 e. The molecule has 6 nitrogen and oxygen atoms in total. The lowest BCUT2D eigenvalue weighted by Gasteiger charge is -2.40. The number of esters is 1. The van der Waals surface area contributed by atoms with Crippen LogP contribution in [-0.2, 0) is 28.4 Å². The second-order valence-electron chi connectivity index (χ2n) is 9.98. The predicted molar refractivity (Wildman–Crippen MR) is 119 cm³/mol. The van der Waals surface area contributed by atoms with Crippen molar-refractivity contribution >= 4 is 5.97 Å². The number of rotatable bonds is 2. The highest BCUT2D eigenvalue weighted by Gasteiger charge is 2.41. The van der Waals surface area contributed by atoms with Crippen LogP contribution in [0, 0.1) is 0 Å². The number of carbonyl (C=O) groups excluding carboxylic acids is 1. The topological polar surface area (TPSA) is 80.8 Å². The third-order valence-corrected chi connectivity index (χ3v) is 6.92. The van der Waals surface area contributed by atoms with E-state index in [1.165, 1.54) is 12.7 Å². The van der Waals surface area contributed by atoms with Crippen molar-refractivity contribution in [2.24, 2.45) is 0 Å². The fourth-order valence-electron chi connectivity index (χ4n) is 4.82. The van der Waals surface area contributed by atoms with Crippen molar-refractivity contribution in [1.29, 1.82) is 0 Å². The number of hydrogen-bond donors (Lipinski definition) is 1. The maximum Gasteiger partial charge on any atom is 0.337 e. The van der Waals surface area contributed by atoms with Gasteiger partial charge in [-0.1, -0.05) is 39.8 Å². The lowest BCUT2D eigenvalue weighted by Crippen LogP contribution is -2.37. The van der Waals surface area contributed by atoms with Gasteiger partial charge in [-0.3, -0.25) is 10.1 Å². The molecule has 5 rings (SSSR count). The second kappa shape index (κ2) is 6.74. The Morgan fingerprint density at radius 3 is 2.23 bits per heavy atom. The number of H-pyrrole nitrogens is 1. The summed E-state index contributed by atoms with van der Waals surface area (Å²) in [6, 6.07) is 7.39. The molecule has 0 radical (unpaired) electrons. The van der Waals surface area contributed by atoms with Gasteiger partial charge in [0.1, 0.15) is 5.69 Å². The molecule has 2 heterocycles. The zero-order valence-corrected chi connectivity index (χ0v) is 18.8. The van der Waals surface area contributed by atoms with E-state index in [1.54, 1.807) is 12.1 Å². The molecule has 0 saturated heterocycles. The summed E-state index contributed by atoms with van der Waals surface area (Å²) in [4.78, 5) is 22.1. The highest BCUT2D eigenvalue weighted by atomic mass is 16.5. The SMILES string of the molecule is COC(=O)c1ccc(-c2n[nH]c3c2CCc2nc4c(nc2-3)C(C)(C)CCC4(C)C)cc1. The molecule has 0 atom stereocenters. The highest BCUT2D eigenvalue weighted by molar-refractivity contribution is 5.90. The van der Waals surface area contributed by atoms with Crippen LogP contribution in [0.2, 0.25) is 0 Å². The fraction of sp³-hybridized carbons (Fsp3) is 0.440. The lowest BCUT2D eigenvalue weighted by molar-refractivity contribution is 0.0600. The van der Waals surface area contributed by atoms with Crippen molar-refractivity contribution in [3.05, 3.63) is 52.5 Å². The molecule has 1 aromatic carbocycles. The Morgan fingerprint density at radius 2 is 1.58 bits per heavy atom. The monoisotopic (exact) mass is 416 g/mol. The van der Waals surface area contributed by atoms with Crippen LogP contribution in [0.15, 0.2) is 24.3 Å². The van der Waals surface area contributed by atoms with Gasteiger partial charge in [-0.05, 0) is 37.8 Å². The van der Waals surface area contributed by atoms with E-state index in [0.29, 0.717) is 5.56 Å². The molecule has 0 amide bonds. The van der Waals surface area contributed by atoms with Gasteiger partial charge >= 0.3 is 5.97 Å². The molecule has 2 aliphatic rings. The molecular formula is C25H28N4O2. The minimum Gasteiger partial charge on any atom is -0.465 e. The standard InChI is InChI=1S/C25H28N4O2/c1-24(2)12-13-25(3,4)22-21(24)26-17-11-10-16-18(28-29-19(16)20(17)27-22)14-6-8-15(9-7-14)23(30)31-5/h6-9H,10-13H2,1-5H3,(H,28,29). The van der Waals surface area contributed by atoms with Crippen molar-refractivity contribution in [1.82, 2.24) is 20.2 Å². The van der Waals surface area contributed by atoms with Crippen molar-refractivity contribution in [3.8, 4) is 22.6 Å². The number of benzene rings is 1. The largest absolute Gasteiger partial charge is 0.465 e. The fourth-order valence-corrected chi connectivity index (χ4v) is 4.82. The highest BCUT2D eigenvalue weighted by Crippen LogP contribution is 2.46. The molecule has 0 spiro atoms. The number of carbonyl (C=O) groups is 1. The molecule has 160 valence electrons. The van der Waals surface area contributed by atoms with E-state index in [-0.39, 0.29) is 16.8 Å². The van der Waals surface area contributed by atoms with E-state index in [9.17, 15) is 4.79 Å². The first kappa shape index (κ1) is 19.9. The quantitative estimate of drug-likeness (QED) is 0.609. The molecular weight excluding hydrogens is 388 g/mol. The van der Waals surface area contributed by atoms with Gasteiger partial charge in [0.05, 0.1) is 41.1 Å². The second-order valence-corrected chi connectivity index (χ2v) is 9.98. The molecule has 0 saturated carbocycles. The van der Waals surface area contributed by atoms with Gasteiger partial charge in [-0.2, -0.15) is 5.10 Å². The van der Waals surface area contributed by atoms with Gasteiger partial charge < -0.3 is 4.74 Å². The lowest BCUT2D eigenvalue weighted by atomic mass is 9.67. The summed E-state index contributed by atoms with van der Waals surface area (Å²) in [5.74, 6) is -0.338. The van der Waals surface area contributed by atoms with Crippen LogP contribution in [0.4, 0.5) is 0 Å². The molecule has 0 unspecified atom stereocenters. The maximum absolute atomic E-state index is 11.7. The zero-order valence-electron chi connectivity index (χ0n) is 18.8. The Hall–Kier alpha value is -3.02. The third-order valence-electron chi connectivity index (χ3n) is 6.92. The van der Waals surface area contributed by atoms with Crippen LogP contribution in [0.25, 0.3) is 22.6 Å². The predicted octanol–water partition coefficient (Wildman–Crippen LogP) is 4.77. The van der Waals surface area contributed by atoms with Gasteiger partial charge in [0.2, 0.25) is 0 Å². The number of aromatic nitrogens is 4. The van der Waals surface area contributed by atoms with Crippen molar-refractivity contribution in [3.63, 3.8) is 0 Å². The summed E-state index contributed by atoms with van der Waals surface area (Å²) >= 11 is 0. The number of aromatic amines is 1. The first-order chi connectivity index (χ1) is 14.7. The average Bonchev–Trinajstić information content (AvgIpc) is 3.20. The van der Waals surface area contributed by atoms with E-state index < -0.39 is 0 Å². The van der Waals surface area contributed by atoms with Gasteiger partial charge in [0.25, 0.3) is 0 Å². The van der Waals surface area contributed by atoms with E-state index >= 15 is 0 Å². The zero-order chi connectivity index (χ0) is 22.0. The number of ether oxygens (including phenoxy) is 1. The molecule has 3 aromatic rings. The minimum absolute atomic E-state index is 0.0110. The molecule has 0 fully saturated rings. The summed E-state index contributed by atoms with van der Waals surface area (Å²) < 4.78 is 4.80. The van der Waals surface area contributed by atoms with Crippen molar-refractivity contribution in [2.45, 2.75) is 64.2 Å². The van der Waals surface area contributed by atoms with E-state index in [2.05, 4.69) is 37.9 Å². The molecule has 2 aliphatic carbocycles. The van der Waals surface area contributed by atoms with E-state index in [0.717, 1.165) is 65.4 Å². The Morgan fingerprint density at radius 1 is 0.935 bits per heavy atom. The maximum atomic E-state index is 11.7. The Balaban J connectivity index is 1.60. The average molecular weight is 417 g/mol. The number of fused-ring (bicyclic) bond motifs is 4. The Bertz CT molecular complexity index is 1190. The molecule has 6 heteroatoms. The van der Waals surface area contributed by atoms with Gasteiger partial charge in [-0.15, -0.1) is 0 Å². The molecule has 31 heavy (non-hydrogen) atoms. The summed E-state index contributed by atoms with van der Waals surface area (Å²) in [7, 11) is 1.39. The molecule has 1 N–H and O–H groups in total. The van der Waals surface area contributed by atoms with Crippen LogP contribution in [0.5, 0.6) is 0 Å². The molecule has 0 aliphatic heterocycles. The number of methoxy groups -OCH3 is 1. The molecule has 2 aromatic heterocycles. The van der Waals surface area contributed by atoms with Gasteiger partial charge in [-0.25, -0.2) is 9.78 Å². The molecule has 0 bridgehead atoms. The van der Waals surface area contributed by atoms with E-state index in [4.69, 9.17) is 14.7 Å². The summed E-state index contributed by atoms with van der Waals surface area (Å²) in [6.45, 7) is 9.10. The van der Waals surface area contributed by atoms with Crippen molar-refractivity contribution < 1.29 is 9.53 Å².